The first-order valence-corrected chi connectivity index (χ1v) is 8.54. The van der Waals surface area contributed by atoms with E-state index in [0.717, 1.165) is 16.1 Å². The predicted molar refractivity (Wildman–Crippen MR) is 88.3 cm³/mol. The summed E-state index contributed by atoms with van der Waals surface area (Å²) in [4.78, 5) is 0. The monoisotopic (exact) mass is 339 g/mol. The SMILES string of the molecule is CNC(CC1CCCCCC1)c1ccc(OC)c(Br)c1. The molecule has 2 nitrogen and oxygen atoms in total. The number of hydrogen-bond acceptors (Lipinski definition) is 2. The standard InChI is InChI=1S/C17H26BrNO/c1-19-16(11-13-7-5-3-4-6-8-13)14-9-10-17(20-2)15(18)12-14/h9-10,12-13,16,19H,3-8,11H2,1-2H3. The fraction of sp³-hybridized carbons (Fsp3) is 0.647. The minimum Gasteiger partial charge on any atom is -0.496 e. The van der Waals surface area contributed by atoms with Crippen molar-refractivity contribution in [1.29, 1.82) is 0 Å². The zero-order valence-corrected chi connectivity index (χ0v) is 14.2. The molecule has 0 saturated heterocycles. The molecule has 1 aromatic rings. The van der Waals surface area contributed by atoms with Crippen LogP contribution in [-0.2, 0) is 0 Å². The summed E-state index contributed by atoms with van der Waals surface area (Å²) in [6.45, 7) is 0. The minimum absolute atomic E-state index is 0.445. The van der Waals surface area contributed by atoms with E-state index >= 15 is 0 Å². The Morgan fingerprint density at radius 2 is 1.95 bits per heavy atom. The van der Waals surface area contributed by atoms with Gasteiger partial charge in [-0.15, -0.1) is 0 Å². The van der Waals surface area contributed by atoms with Crippen LogP contribution >= 0.6 is 15.9 Å². The molecule has 0 amide bonds. The van der Waals surface area contributed by atoms with Crippen molar-refractivity contribution in [2.45, 2.75) is 51.0 Å². The van der Waals surface area contributed by atoms with E-state index < -0.39 is 0 Å². The number of benzene rings is 1. The van der Waals surface area contributed by atoms with Crippen LogP contribution in [-0.4, -0.2) is 14.2 Å². The molecule has 1 fully saturated rings. The molecule has 1 aliphatic rings. The first-order chi connectivity index (χ1) is 9.74. The van der Waals surface area contributed by atoms with Crippen molar-refractivity contribution in [3.05, 3.63) is 28.2 Å². The highest BCUT2D eigenvalue weighted by molar-refractivity contribution is 9.10. The van der Waals surface area contributed by atoms with Gasteiger partial charge in [-0.2, -0.15) is 0 Å². The molecule has 20 heavy (non-hydrogen) atoms. The molecule has 0 spiro atoms. The van der Waals surface area contributed by atoms with Gasteiger partial charge in [0.2, 0.25) is 0 Å². The number of nitrogens with one attached hydrogen (secondary N) is 1. The number of rotatable bonds is 5. The van der Waals surface area contributed by atoms with Crippen LogP contribution in [0.4, 0.5) is 0 Å². The van der Waals surface area contributed by atoms with Crippen molar-refractivity contribution in [2.75, 3.05) is 14.2 Å². The first-order valence-electron chi connectivity index (χ1n) is 7.75. The van der Waals surface area contributed by atoms with Gasteiger partial charge in [-0.1, -0.05) is 44.6 Å². The second kappa shape index (κ2) is 8.04. The van der Waals surface area contributed by atoms with Crippen LogP contribution in [0.15, 0.2) is 22.7 Å². The van der Waals surface area contributed by atoms with Crippen LogP contribution < -0.4 is 10.1 Å². The molecule has 0 heterocycles. The molecule has 1 aromatic carbocycles. The Bertz CT molecular complexity index is 413. The van der Waals surface area contributed by atoms with E-state index in [4.69, 9.17) is 4.74 Å². The average molecular weight is 340 g/mol. The Kier molecular flexibility index (Phi) is 6.37. The van der Waals surface area contributed by atoms with Crippen LogP contribution in [0.3, 0.4) is 0 Å². The molecule has 1 saturated carbocycles. The second-order valence-electron chi connectivity index (χ2n) is 5.83. The van der Waals surface area contributed by atoms with Gasteiger partial charge in [0.1, 0.15) is 5.75 Å². The molecule has 1 unspecified atom stereocenters. The minimum atomic E-state index is 0.445. The Labute approximate surface area is 131 Å². The fourth-order valence-corrected chi connectivity index (χ4v) is 3.81. The van der Waals surface area contributed by atoms with Gasteiger partial charge in [-0.05, 0) is 53.0 Å². The van der Waals surface area contributed by atoms with Gasteiger partial charge >= 0.3 is 0 Å². The summed E-state index contributed by atoms with van der Waals surface area (Å²) in [5.41, 5.74) is 1.35. The lowest BCUT2D eigenvalue weighted by Crippen LogP contribution is -2.20. The molecule has 0 radical (unpaired) electrons. The number of halogens is 1. The van der Waals surface area contributed by atoms with Crippen molar-refractivity contribution in [1.82, 2.24) is 5.32 Å². The molecule has 112 valence electrons. The topological polar surface area (TPSA) is 21.3 Å². The van der Waals surface area contributed by atoms with Crippen molar-refractivity contribution in [3.63, 3.8) is 0 Å². The normalized spacial score (nSPS) is 18.6. The summed E-state index contributed by atoms with van der Waals surface area (Å²) in [7, 11) is 3.78. The second-order valence-corrected chi connectivity index (χ2v) is 6.68. The highest BCUT2D eigenvalue weighted by atomic mass is 79.9. The largest absolute Gasteiger partial charge is 0.496 e. The smallest absolute Gasteiger partial charge is 0.133 e. The summed E-state index contributed by atoms with van der Waals surface area (Å²) in [6, 6.07) is 6.87. The van der Waals surface area contributed by atoms with Crippen LogP contribution in [0.5, 0.6) is 5.75 Å². The van der Waals surface area contributed by atoms with Crippen molar-refractivity contribution in [2.24, 2.45) is 5.92 Å². The van der Waals surface area contributed by atoms with Crippen LogP contribution in [0.2, 0.25) is 0 Å². The first kappa shape index (κ1) is 15.8. The van der Waals surface area contributed by atoms with E-state index in [1.807, 2.05) is 0 Å². The third-order valence-corrected chi connectivity index (χ3v) is 5.09. The van der Waals surface area contributed by atoms with E-state index in [1.54, 1.807) is 7.11 Å². The van der Waals surface area contributed by atoms with E-state index in [2.05, 4.69) is 46.5 Å². The predicted octanol–water partition coefficient (Wildman–Crippen LogP) is 5.08. The highest BCUT2D eigenvalue weighted by Gasteiger charge is 2.19. The van der Waals surface area contributed by atoms with Gasteiger partial charge in [0.05, 0.1) is 11.6 Å². The molecule has 1 N–H and O–H groups in total. The highest BCUT2D eigenvalue weighted by Crippen LogP contribution is 2.33. The van der Waals surface area contributed by atoms with E-state index in [9.17, 15) is 0 Å². The summed E-state index contributed by atoms with van der Waals surface area (Å²) < 4.78 is 6.35. The summed E-state index contributed by atoms with van der Waals surface area (Å²) >= 11 is 3.59. The number of ether oxygens (including phenoxy) is 1. The van der Waals surface area contributed by atoms with Gasteiger partial charge in [-0.25, -0.2) is 0 Å². The summed E-state index contributed by atoms with van der Waals surface area (Å²) in [6.07, 6.45) is 9.71. The maximum absolute atomic E-state index is 5.31. The molecule has 1 aliphatic carbocycles. The third-order valence-electron chi connectivity index (χ3n) is 4.47. The number of hydrogen-bond donors (Lipinski definition) is 1. The molecular weight excluding hydrogens is 314 g/mol. The zero-order valence-electron chi connectivity index (χ0n) is 12.6. The van der Waals surface area contributed by atoms with E-state index in [0.29, 0.717) is 6.04 Å². The van der Waals surface area contributed by atoms with Crippen molar-refractivity contribution >= 4 is 15.9 Å². The lowest BCUT2D eigenvalue weighted by atomic mass is 9.89. The molecule has 1 atom stereocenters. The maximum atomic E-state index is 5.31. The van der Waals surface area contributed by atoms with Gasteiger partial charge in [-0.3, -0.25) is 0 Å². The van der Waals surface area contributed by atoms with E-state index in [1.165, 1.54) is 50.5 Å². The lowest BCUT2D eigenvalue weighted by Gasteiger charge is -2.23. The Hall–Kier alpha value is -0.540. The fourth-order valence-electron chi connectivity index (χ4n) is 3.25. The lowest BCUT2D eigenvalue weighted by molar-refractivity contribution is 0.367. The van der Waals surface area contributed by atoms with Gasteiger partial charge in [0, 0.05) is 6.04 Å². The number of methoxy groups -OCH3 is 1. The quantitative estimate of drug-likeness (QED) is 0.755. The maximum Gasteiger partial charge on any atom is 0.133 e. The summed E-state index contributed by atoms with van der Waals surface area (Å²) in [5, 5.41) is 3.49. The van der Waals surface area contributed by atoms with E-state index in [-0.39, 0.29) is 0 Å². The molecule has 0 bridgehead atoms. The molecule has 2 rings (SSSR count). The van der Waals surface area contributed by atoms with Crippen LogP contribution in [0, 0.1) is 5.92 Å². The van der Waals surface area contributed by atoms with Crippen LogP contribution in [0.25, 0.3) is 0 Å². The van der Waals surface area contributed by atoms with Gasteiger partial charge in [0.15, 0.2) is 0 Å². The van der Waals surface area contributed by atoms with Gasteiger partial charge < -0.3 is 10.1 Å². The van der Waals surface area contributed by atoms with Gasteiger partial charge in [0.25, 0.3) is 0 Å². The molecule has 0 aromatic heterocycles. The van der Waals surface area contributed by atoms with Crippen molar-refractivity contribution < 1.29 is 4.74 Å². The molecule has 3 heteroatoms. The molecular formula is C17H26BrNO. The molecule has 0 aliphatic heterocycles. The Morgan fingerprint density at radius 1 is 1.25 bits per heavy atom. The Morgan fingerprint density at radius 3 is 2.50 bits per heavy atom. The Balaban J connectivity index is 2.05. The third kappa shape index (κ3) is 4.23. The summed E-state index contributed by atoms with van der Waals surface area (Å²) in [5.74, 6) is 1.77. The zero-order chi connectivity index (χ0) is 14.4. The van der Waals surface area contributed by atoms with Crippen molar-refractivity contribution in [3.8, 4) is 5.75 Å². The van der Waals surface area contributed by atoms with Crippen LogP contribution in [0.1, 0.15) is 56.6 Å². The average Bonchev–Trinajstić information content (AvgIpc) is 2.73.